The van der Waals surface area contributed by atoms with Gasteiger partial charge in [-0.2, -0.15) is 0 Å². The highest BCUT2D eigenvalue weighted by Gasteiger charge is 2.07. The van der Waals surface area contributed by atoms with Crippen LogP contribution in [0.2, 0.25) is 0 Å². The fraction of sp³-hybridized carbons (Fsp3) is 0.167. The molecule has 0 fully saturated rings. The molecule has 0 spiro atoms. The average molecular weight is 309 g/mol. The van der Waals surface area contributed by atoms with Crippen LogP contribution in [-0.2, 0) is 11.3 Å². The van der Waals surface area contributed by atoms with Gasteiger partial charge in [0.1, 0.15) is 11.3 Å². The molecule has 5 nitrogen and oxygen atoms in total. The Kier molecular flexibility index (Phi) is 4.30. The summed E-state index contributed by atoms with van der Waals surface area (Å²) in [6, 6.07) is 15.8. The van der Waals surface area contributed by atoms with Crippen LogP contribution < -0.4 is 5.32 Å². The summed E-state index contributed by atoms with van der Waals surface area (Å²) < 4.78 is 5.77. The summed E-state index contributed by atoms with van der Waals surface area (Å²) >= 11 is 0. The van der Waals surface area contributed by atoms with Gasteiger partial charge in [-0.15, -0.1) is 0 Å². The van der Waals surface area contributed by atoms with Gasteiger partial charge < -0.3 is 9.73 Å². The van der Waals surface area contributed by atoms with Gasteiger partial charge in [0.25, 0.3) is 0 Å². The van der Waals surface area contributed by atoms with E-state index in [1.807, 2.05) is 48.5 Å². The first-order valence-corrected chi connectivity index (χ1v) is 7.33. The summed E-state index contributed by atoms with van der Waals surface area (Å²) in [7, 11) is 3.38. The van der Waals surface area contributed by atoms with Crippen LogP contribution in [0.15, 0.2) is 65.3 Å². The quantitative estimate of drug-likeness (QED) is 0.702. The molecule has 0 amide bonds. The number of aromatic nitrogens is 1. The van der Waals surface area contributed by atoms with Crippen molar-refractivity contribution in [3.63, 3.8) is 0 Å². The molecule has 0 aliphatic heterocycles. The number of benzene rings is 2. The van der Waals surface area contributed by atoms with Crippen LogP contribution in [0.5, 0.6) is 0 Å². The highest BCUT2D eigenvalue weighted by atomic mass is 16.7. The predicted octanol–water partition coefficient (Wildman–Crippen LogP) is 3.79. The molecule has 0 unspecified atom stereocenters. The second-order valence-corrected chi connectivity index (χ2v) is 5.20. The minimum absolute atomic E-state index is 0.636. The smallest absolute Gasteiger partial charge is 0.199 e. The monoisotopic (exact) mass is 309 g/mol. The second-order valence-electron chi connectivity index (χ2n) is 5.20. The largest absolute Gasteiger partial charge is 0.440 e. The number of rotatable bonds is 6. The second kappa shape index (κ2) is 6.54. The summed E-state index contributed by atoms with van der Waals surface area (Å²) in [5.41, 5.74) is 3.74. The number of hydrogen-bond acceptors (Lipinski definition) is 5. The Morgan fingerprint density at radius 1 is 1.26 bits per heavy atom. The molecule has 3 aromatic rings. The number of hydrogen-bond donors (Lipinski definition) is 1. The SMILES string of the molecule is C=C(Nc1cccc(Cc2nc3ccccc3o2)c1)N(C)OC. The Morgan fingerprint density at radius 2 is 2.09 bits per heavy atom. The highest BCUT2D eigenvalue weighted by Crippen LogP contribution is 2.19. The molecule has 118 valence electrons. The van der Waals surface area contributed by atoms with E-state index in [2.05, 4.69) is 16.9 Å². The van der Waals surface area contributed by atoms with Crippen molar-refractivity contribution in [1.82, 2.24) is 10.0 Å². The lowest BCUT2D eigenvalue weighted by Crippen LogP contribution is -2.20. The molecule has 2 aromatic carbocycles. The molecular formula is C18H19N3O2. The van der Waals surface area contributed by atoms with Gasteiger partial charge in [0, 0.05) is 19.2 Å². The number of hydroxylamine groups is 2. The first kappa shape index (κ1) is 15.1. The molecule has 0 saturated carbocycles. The van der Waals surface area contributed by atoms with Crippen molar-refractivity contribution >= 4 is 16.8 Å². The lowest BCUT2D eigenvalue weighted by atomic mass is 10.1. The van der Waals surface area contributed by atoms with Crippen molar-refractivity contribution in [3.05, 3.63) is 72.4 Å². The zero-order valence-corrected chi connectivity index (χ0v) is 13.2. The van der Waals surface area contributed by atoms with Crippen molar-refractivity contribution in [2.75, 3.05) is 19.5 Å². The first-order chi connectivity index (χ1) is 11.2. The third-order valence-electron chi connectivity index (χ3n) is 3.56. The Balaban J connectivity index is 1.75. The lowest BCUT2D eigenvalue weighted by molar-refractivity contribution is -0.0753. The molecule has 1 aromatic heterocycles. The zero-order valence-electron chi connectivity index (χ0n) is 13.2. The Labute approximate surface area is 135 Å². The van der Waals surface area contributed by atoms with E-state index >= 15 is 0 Å². The maximum Gasteiger partial charge on any atom is 0.199 e. The molecule has 0 atom stereocenters. The summed E-state index contributed by atoms with van der Waals surface area (Å²) in [5, 5.41) is 4.76. The fourth-order valence-corrected chi connectivity index (χ4v) is 2.28. The van der Waals surface area contributed by atoms with E-state index in [4.69, 9.17) is 9.25 Å². The van der Waals surface area contributed by atoms with E-state index in [1.165, 1.54) is 0 Å². The van der Waals surface area contributed by atoms with Crippen molar-refractivity contribution in [2.45, 2.75) is 6.42 Å². The maximum atomic E-state index is 5.77. The van der Waals surface area contributed by atoms with Gasteiger partial charge in [-0.05, 0) is 29.8 Å². The number of para-hydroxylation sites is 2. The van der Waals surface area contributed by atoms with Crippen LogP contribution in [0.4, 0.5) is 5.69 Å². The van der Waals surface area contributed by atoms with E-state index in [0.717, 1.165) is 22.4 Å². The van der Waals surface area contributed by atoms with Gasteiger partial charge >= 0.3 is 0 Å². The summed E-state index contributed by atoms with van der Waals surface area (Å²) in [4.78, 5) is 9.60. The van der Waals surface area contributed by atoms with Gasteiger partial charge in [-0.3, -0.25) is 4.84 Å². The van der Waals surface area contributed by atoms with Crippen molar-refractivity contribution < 1.29 is 9.25 Å². The molecule has 5 heteroatoms. The minimum atomic E-state index is 0.636. The van der Waals surface area contributed by atoms with E-state index in [9.17, 15) is 0 Å². The molecule has 1 N–H and O–H groups in total. The zero-order chi connectivity index (χ0) is 16.2. The average Bonchev–Trinajstić information content (AvgIpc) is 2.96. The van der Waals surface area contributed by atoms with E-state index in [0.29, 0.717) is 18.1 Å². The standard InChI is InChI=1S/C18H19N3O2/c1-13(21(2)22-3)19-15-8-6-7-14(11-15)12-18-20-16-9-4-5-10-17(16)23-18/h4-11,19H,1,12H2,2-3H3. The summed E-state index contributed by atoms with van der Waals surface area (Å²) in [5.74, 6) is 1.36. The van der Waals surface area contributed by atoms with Crippen molar-refractivity contribution in [3.8, 4) is 0 Å². The lowest BCUT2D eigenvalue weighted by Gasteiger charge is -2.19. The molecule has 0 bridgehead atoms. The van der Waals surface area contributed by atoms with Crippen LogP contribution in [0.25, 0.3) is 11.1 Å². The third-order valence-corrected chi connectivity index (χ3v) is 3.56. The van der Waals surface area contributed by atoms with E-state index in [1.54, 1.807) is 19.2 Å². The van der Waals surface area contributed by atoms with E-state index in [-0.39, 0.29) is 0 Å². The number of fused-ring (bicyclic) bond motifs is 1. The van der Waals surface area contributed by atoms with Gasteiger partial charge in [-0.25, -0.2) is 10.0 Å². The third kappa shape index (κ3) is 3.52. The number of nitrogens with one attached hydrogen (secondary N) is 1. The van der Waals surface area contributed by atoms with Crippen LogP contribution in [-0.4, -0.2) is 24.2 Å². The molecule has 0 aliphatic rings. The number of nitrogens with zero attached hydrogens (tertiary/aromatic N) is 2. The van der Waals surface area contributed by atoms with Crippen LogP contribution in [0.3, 0.4) is 0 Å². The molecular weight excluding hydrogens is 290 g/mol. The van der Waals surface area contributed by atoms with Crippen LogP contribution in [0, 0.1) is 0 Å². The van der Waals surface area contributed by atoms with Crippen LogP contribution in [0.1, 0.15) is 11.5 Å². The number of anilines is 1. The van der Waals surface area contributed by atoms with Gasteiger partial charge in [0.05, 0.1) is 7.11 Å². The topological polar surface area (TPSA) is 50.5 Å². The highest BCUT2D eigenvalue weighted by molar-refractivity contribution is 5.72. The Hall–Kier alpha value is -2.79. The van der Waals surface area contributed by atoms with Gasteiger partial charge in [-0.1, -0.05) is 30.8 Å². The molecule has 3 rings (SSSR count). The molecule has 0 aliphatic carbocycles. The van der Waals surface area contributed by atoms with Crippen molar-refractivity contribution in [2.24, 2.45) is 0 Å². The molecule has 0 saturated heterocycles. The van der Waals surface area contributed by atoms with Crippen molar-refractivity contribution in [1.29, 1.82) is 0 Å². The van der Waals surface area contributed by atoms with Crippen LogP contribution >= 0.6 is 0 Å². The number of oxazole rings is 1. The Morgan fingerprint density at radius 3 is 2.87 bits per heavy atom. The predicted molar refractivity (Wildman–Crippen MR) is 90.8 cm³/mol. The summed E-state index contributed by atoms with van der Waals surface area (Å²) in [6.45, 7) is 3.92. The van der Waals surface area contributed by atoms with Gasteiger partial charge in [0.15, 0.2) is 11.5 Å². The maximum absolute atomic E-state index is 5.77. The summed E-state index contributed by atoms with van der Waals surface area (Å²) in [6.07, 6.45) is 0.636. The minimum Gasteiger partial charge on any atom is -0.440 e. The molecule has 1 heterocycles. The van der Waals surface area contributed by atoms with Gasteiger partial charge in [0.2, 0.25) is 0 Å². The molecule has 23 heavy (non-hydrogen) atoms. The molecule has 0 radical (unpaired) electrons. The Bertz CT molecular complexity index is 793. The van der Waals surface area contributed by atoms with E-state index < -0.39 is 0 Å². The first-order valence-electron chi connectivity index (χ1n) is 7.33. The fourth-order valence-electron chi connectivity index (χ4n) is 2.28. The normalized spacial score (nSPS) is 10.7.